The maximum atomic E-state index is 9.95. The Kier molecular flexibility index (Phi) is 2.50. The average molecular weight is 99.1 g/mol. The van der Waals surface area contributed by atoms with Crippen LogP contribution in [0.2, 0.25) is 0 Å². The van der Waals surface area contributed by atoms with Crippen LogP contribution in [0.15, 0.2) is 23.0 Å². The van der Waals surface area contributed by atoms with Gasteiger partial charge in [0.25, 0.3) is 5.91 Å². The van der Waals surface area contributed by atoms with E-state index in [4.69, 9.17) is 0 Å². The zero-order valence-electron chi connectivity index (χ0n) is 3.66. The fraction of sp³-hybridized carbons (Fsp3) is 0. The normalized spacial score (nSPS) is 9.14. The van der Waals surface area contributed by atoms with Crippen LogP contribution in [0.1, 0.15) is 0 Å². The zero-order chi connectivity index (χ0) is 5.70. The highest BCUT2D eigenvalue weighted by Gasteiger charge is 1.82. The first-order valence-electron chi connectivity index (χ1n) is 1.58. The van der Waals surface area contributed by atoms with Crippen molar-refractivity contribution >= 4 is 5.91 Å². The van der Waals surface area contributed by atoms with Gasteiger partial charge < -0.3 is 5.84 Å². The van der Waals surface area contributed by atoms with Gasteiger partial charge in [-0.1, -0.05) is 16.9 Å². The molecule has 0 atom stereocenters. The van der Waals surface area contributed by atoms with Gasteiger partial charge in [0.1, 0.15) is 0 Å². The highest BCUT2D eigenvalue weighted by molar-refractivity contribution is 5.87. The van der Waals surface area contributed by atoms with Crippen LogP contribution in [0.5, 0.6) is 0 Å². The van der Waals surface area contributed by atoms with Gasteiger partial charge in [-0.15, -0.1) is 0 Å². The third kappa shape index (κ3) is 2.62. The number of nitrogens with two attached hydrogens (primary N) is 1. The van der Waals surface area contributed by atoms with Gasteiger partial charge in [-0.2, -0.15) is 0 Å². The van der Waals surface area contributed by atoms with Crippen molar-refractivity contribution in [3.05, 3.63) is 12.7 Å². The molecule has 0 aliphatic rings. The molecule has 0 saturated heterocycles. The van der Waals surface area contributed by atoms with Gasteiger partial charge >= 0.3 is 0 Å². The van der Waals surface area contributed by atoms with Crippen LogP contribution in [0.3, 0.4) is 0 Å². The van der Waals surface area contributed by atoms with Crippen molar-refractivity contribution in [2.75, 3.05) is 0 Å². The third-order valence-electron chi connectivity index (χ3n) is 0.331. The van der Waals surface area contributed by atoms with Crippen molar-refractivity contribution in [3.63, 3.8) is 0 Å². The Morgan fingerprint density at radius 3 is 2.57 bits per heavy atom. The lowest BCUT2D eigenvalue weighted by Crippen LogP contribution is -1.85. The smallest absolute Gasteiger partial charge is 0.289 e. The topological polar surface area (TPSA) is 67.8 Å². The fourth-order valence-corrected chi connectivity index (χ4v) is 0.0977. The van der Waals surface area contributed by atoms with Crippen LogP contribution in [0, 0.1) is 0 Å². The molecule has 1 amide bonds. The Morgan fingerprint density at radius 1 is 1.86 bits per heavy atom. The van der Waals surface area contributed by atoms with E-state index in [-0.39, 0.29) is 0 Å². The van der Waals surface area contributed by atoms with E-state index < -0.39 is 5.91 Å². The van der Waals surface area contributed by atoms with E-state index in [1.807, 2.05) is 0 Å². The van der Waals surface area contributed by atoms with Crippen molar-refractivity contribution in [2.24, 2.45) is 16.2 Å². The molecule has 4 nitrogen and oxygen atoms in total. The molecule has 0 aromatic heterocycles. The molecule has 0 saturated carbocycles. The molecule has 0 aliphatic carbocycles. The van der Waals surface area contributed by atoms with Gasteiger partial charge in [-0.3, -0.25) is 4.79 Å². The first-order chi connectivity index (χ1) is 3.31. The molecule has 0 bridgehead atoms. The molecular weight excluding hydrogens is 94.1 g/mol. The monoisotopic (exact) mass is 99.0 g/mol. The Labute approximate surface area is 40.7 Å². The molecule has 7 heavy (non-hydrogen) atoms. The highest BCUT2D eigenvalue weighted by Crippen LogP contribution is 1.71. The predicted octanol–water partition coefficient (Wildman–Crippen LogP) is 0.0249. The minimum Gasteiger partial charge on any atom is -0.304 e. The maximum Gasteiger partial charge on any atom is 0.289 e. The number of hydrogen-bond donors (Lipinski definition) is 1. The standard InChI is InChI=1S/C3H5N3O/c1-2-3(7)5-6-4/h2H,1H2,(H2,4,5,7). The van der Waals surface area contributed by atoms with E-state index in [2.05, 4.69) is 22.8 Å². The lowest BCUT2D eigenvalue weighted by atomic mass is 10.6. The summed E-state index contributed by atoms with van der Waals surface area (Å²) in [5.41, 5.74) is 0. The van der Waals surface area contributed by atoms with Crippen LogP contribution < -0.4 is 5.84 Å². The minimum atomic E-state index is -0.525. The molecule has 2 N–H and O–H groups in total. The second-order valence-corrected chi connectivity index (χ2v) is 0.758. The van der Waals surface area contributed by atoms with Crippen LogP contribution in [-0.4, -0.2) is 5.91 Å². The summed E-state index contributed by atoms with van der Waals surface area (Å²) < 4.78 is 0. The lowest BCUT2D eigenvalue weighted by Gasteiger charge is -1.71. The summed E-state index contributed by atoms with van der Waals surface area (Å²) in [6, 6.07) is 0. The van der Waals surface area contributed by atoms with Crippen molar-refractivity contribution in [3.8, 4) is 0 Å². The molecule has 0 radical (unpaired) electrons. The van der Waals surface area contributed by atoms with Gasteiger partial charge in [0, 0.05) is 0 Å². The molecular formula is C3H5N3O. The molecule has 38 valence electrons. The van der Waals surface area contributed by atoms with Crippen LogP contribution in [0.4, 0.5) is 0 Å². The Hall–Kier alpha value is -1.19. The number of nitrogens with zero attached hydrogens (tertiary/aromatic N) is 2. The summed E-state index contributed by atoms with van der Waals surface area (Å²) in [6.07, 6.45) is 1.02. The van der Waals surface area contributed by atoms with E-state index in [0.29, 0.717) is 0 Å². The van der Waals surface area contributed by atoms with Crippen LogP contribution in [-0.2, 0) is 4.79 Å². The van der Waals surface area contributed by atoms with E-state index in [9.17, 15) is 4.79 Å². The molecule has 0 unspecified atom stereocenters. The Morgan fingerprint density at radius 2 is 2.43 bits per heavy atom. The fourth-order valence-electron chi connectivity index (χ4n) is 0.0977. The number of carbonyl (C=O) groups is 1. The summed E-state index contributed by atoms with van der Waals surface area (Å²) in [5, 5.41) is 5.60. The van der Waals surface area contributed by atoms with Crippen molar-refractivity contribution in [1.29, 1.82) is 0 Å². The Balaban J connectivity index is 3.58. The molecule has 0 spiro atoms. The van der Waals surface area contributed by atoms with Crippen LogP contribution >= 0.6 is 0 Å². The Bertz CT molecular complexity index is 107. The molecule has 0 heterocycles. The van der Waals surface area contributed by atoms with E-state index >= 15 is 0 Å². The van der Waals surface area contributed by atoms with E-state index in [0.717, 1.165) is 6.08 Å². The molecule has 4 heteroatoms. The third-order valence-corrected chi connectivity index (χ3v) is 0.331. The molecule has 0 rings (SSSR count). The molecule has 0 fully saturated rings. The van der Waals surface area contributed by atoms with Gasteiger partial charge in [-0.05, 0) is 6.08 Å². The largest absolute Gasteiger partial charge is 0.304 e. The number of amides is 1. The van der Waals surface area contributed by atoms with E-state index in [1.54, 1.807) is 0 Å². The summed E-state index contributed by atoms with van der Waals surface area (Å²) in [5.74, 6) is 3.97. The van der Waals surface area contributed by atoms with Gasteiger partial charge in [0.15, 0.2) is 0 Å². The first kappa shape index (κ1) is 5.81. The van der Waals surface area contributed by atoms with Gasteiger partial charge in [0.2, 0.25) is 0 Å². The summed E-state index contributed by atoms with van der Waals surface area (Å²) in [7, 11) is 0. The zero-order valence-corrected chi connectivity index (χ0v) is 3.66. The minimum absolute atomic E-state index is 0.525. The number of carbonyl (C=O) groups excluding carboxylic acids is 1. The number of hydrogen-bond acceptors (Lipinski definition) is 2. The molecule has 0 aliphatic heterocycles. The lowest BCUT2D eigenvalue weighted by molar-refractivity contribution is -0.113. The summed E-state index contributed by atoms with van der Waals surface area (Å²) in [4.78, 5) is 9.95. The van der Waals surface area contributed by atoms with Crippen molar-refractivity contribution < 1.29 is 4.79 Å². The van der Waals surface area contributed by atoms with Crippen molar-refractivity contribution in [2.45, 2.75) is 0 Å². The van der Waals surface area contributed by atoms with Gasteiger partial charge in [0.05, 0.1) is 0 Å². The number of rotatable bonds is 1. The molecule has 0 aromatic carbocycles. The first-order valence-corrected chi connectivity index (χ1v) is 1.58. The van der Waals surface area contributed by atoms with Gasteiger partial charge in [-0.25, -0.2) is 0 Å². The summed E-state index contributed by atoms with van der Waals surface area (Å²) >= 11 is 0. The van der Waals surface area contributed by atoms with Crippen molar-refractivity contribution in [1.82, 2.24) is 0 Å². The van der Waals surface area contributed by atoms with E-state index in [1.165, 1.54) is 0 Å². The molecule has 0 aromatic rings. The quantitative estimate of drug-likeness (QED) is 0.218. The average Bonchev–Trinajstić information content (AvgIpc) is 1.68. The highest BCUT2D eigenvalue weighted by atomic mass is 16.1. The predicted molar refractivity (Wildman–Crippen MR) is 24.2 cm³/mol. The second-order valence-electron chi connectivity index (χ2n) is 0.758. The summed E-state index contributed by atoms with van der Waals surface area (Å²) in [6.45, 7) is 3.12. The second kappa shape index (κ2) is 3.02. The maximum absolute atomic E-state index is 9.95. The SMILES string of the molecule is C=CC(=O)N=NN. The van der Waals surface area contributed by atoms with Crippen LogP contribution in [0.25, 0.3) is 0 Å².